The van der Waals surface area contributed by atoms with Crippen LogP contribution < -0.4 is 15.4 Å². The SMILES string of the molecule is CCNC(=NCc1ccccc1OCC1CC1)NCCc1cccc(C(=O)N(C)C)c1.I. The third-order valence-corrected chi connectivity index (χ3v) is 5.18. The molecule has 2 aromatic rings. The summed E-state index contributed by atoms with van der Waals surface area (Å²) in [6.45, 7) is 4.93. The number of guanidine groups is 1. The minimum Gasteiger partial charge on any atom is -0.493 e. The maximum Gasteiger partial charge on any atom is 0.253 e. The molecule has 2 N–H and O–H groups in total. The maximum atomic E-state index is 12.2. The van der Waals surface area contributed by atoms with E-state index < -0.39 is 0 Å². The molecule has 0 bridgehead atoms. The Labute approximate surface area is 208 Å². The Morgan fingerprint density at radius 3 is 2.62 bits per heavy atom. The molecule has 1 amide bonds. The van der Waals surface area contributed by atoms with Crippen molar-refractivity contribution >= 4 is 35.8 Å². The van der Waals surface area contributed by atoms with Crippen molar-refractivity contribution in [1.29, 1.82) is 0 Å². The molecule has 1 aliphatic carbocycles. The zero-order chi connectivity index (χ0) is 22.1. The van der Waals surface area contributed by atoms with E-state index in [1.807, 2.05) is 42.5 Å². The van der Waals surface area contributed by atoms with Crippen LogP contribution in [0.2, 0.25) is 0 Å². The highest BCUT2D eigenvalue weighted by atomic mass is 127. The number of hydrogen-bond acceptors (Lipinski definition) is 3. The summed E-state index contributed by atoms with van der Waals surface area (Å²) < 4.78 is 6.00. The predicted molar refractivity (Wildman–Crippen MR) is 141 cm³/mol. The summed E-state index contributed by atoms with van der Waals surface area (Å²) in [7, 11) is 3.54. The fourth-order valence-electron chi connectivity index (χ4n) is 3.22. The van der Waals surface area contributed by atoms with Crippen molar-refractivity contribution in [3.05, 3.63) is 65.2 Å². The molecule has 0 saturated heterocycles. The second kappa shape index (κ2) is 13.3. The summed E-state index contributed by atoms with van der Waals surface area (Å²) in [4.78, 5) is 18.5. The van der Waals surface area contributed by atoms with E-state index in [2.05, 4.69) is 23.6 Å². The highest BCUT2D eigenvalue weighted by molar-refractivity contribution is 14.0. The van der Waals surface area contributed by atoms with Crippen LogP contribution in [0, 0.1) is 5.92 Å². The lowest BCUT2D eigenvalue weighted by atomic mass is 10.1. The minimum absolute atomic E-state index is 0. The molecule has 0 atom stereocenters. The number of hydrogen-bond donors (Lipinski definition) is 2. The maximum absolute atomic E-state index is 12.2. The number of nitrogens with one attached hydrogen (secondary N) is 2. The molecular weight excluding hydrogens is 515 g/mol. The van der Waals surface area contributed by atoms with E-state index in [0.717, 1.165) is 54.9 Å². The zero-order valence-corrected chi connectivity index (χ0v) is 21.6. The van der Waals surface area contributed by atoms with Crippen LogP contribution in [0.5, 0.6) is 5.75 Å². The first-order valence-electron chi connectivity index (χ1n) is 11.1. The third-order valence-electron chi connectivity index (χ3n) is 5.18. The number of halogens is 1. The molecule has 2 aromatic carbocycles. The van der Waals surface area contributed by atoms with Crippen molar-refractivity contribution in [2.45, 2.75) is 32.7 Å². The van der Waals surface area contributed by atoms with Gasteiger partial charge < -0.3 is 20.3 Å². The van der Waals surface area contributed by atoms with E-state index in [1.54, 1.807) is 19.0 Å². The molecule has 0 unspecified atom stereocenters. The Bertz CT molecular complexity index is 897. The van der Waals surface area contributed by atoms with E-state index in [-0.39, 0.29) is 29.9 Å². The number of nitrogens with zero attached hydrogens (tertiary/aromatic N) is 2. The Balaban J connectivity index is 0.00000363. The second-order valence-electron chi connectivity index (χ2n) is 8.13. The van der Waals surface area contributed by atoms with Crippen LogP contribution in [0.25, 0.3) is 0 Å². The van der Waals surface area contributed by atoms with Crippen LogP contribution in [0.3, 0.4) is 0 Å². The predicted octanol–water partition coefficient (Wildman–Crippen LogP) is 4.09. The fourth-order valence-corrected chi connectivity index (χ4v) is 3.22. The lowest BCUT2D eigenvalue weighted by Crippen LogP contribution is -2.38. The van der Waals surface area contributed by atoms with Gasteiger partial charge in [-0.25, -0.2) is 4.99 Å². The van der Waals surface area contributed by atoms with Gasteiger partial charge in [-0.2, -0.15) is 0 Å². The van der Waals surface area contributed by atoms with Crippen LogP contribution in [0.4, 0.5) is 0 Å². The van der Waals surface area contributed by atoms with Gasteiger partial charge in [0.05, 0.1) is 13.2 Å². The average Bonchev–Trinajstić information content (AvgIpc) is 3.61. The molecule has 0 heterocycles. The molecule has 32 heavy (non-hydrogen) atoms. The molecule has 0 radical (unpaired) electrons. The van der Waals surface area contributed by atoms with Gasteiger partial charge >= 0.3 is 0 Å². The van der Waals surface area contributed by atoms with Gasteiger partial charge in [-0.15, -0.1) is 24.0 Å². The molecule has 3 rings (SSSR count). The molecule has 174 valence electrons. The van der Waals surface area contributed by atoms with E-state index in [4.69, 9.17) is 9.73 Å². The number of amides is 1. The largest absolute Gasteiger partial charge is 0.493 e. The van der Waals surface area contributed by atoms with Crippen molar-refractivity contribution < 1.29 is 9.53 Å². The quantitative estimate of drug-likeness (QED) is 0.266. The van der Waals surface area contributed by atoms with E-state index in [1.165, 1.54) is 12.8 Å². The highest BCUT2D eigenvalue weighted by Gasteiger charge is 2.22. The Kier molecular flexibility index (Phi) is 10.8. The summed E-state index contributed by atoms with van der Waals surface area (Å²) >= 11 is 0. The summed E-state index contributed by atoms with van der Waals surface area (Å²) in [5.74, 6) is 2.45. The number of benzene rings is 2. The first-order chi connectivity index (χ1) is 15.1. The monoisotopic (exact) mass is 550 g/mol. The van der Waals surface area contributed by atoms with Crippen LogP contribution >= 0.6 is 24.0 Å². The standard InChI is InChI=1S/C25H34N4O2.HI/c1-4-26-25(27-15-14-19-8-7-10-21(16-19)24(30)29(2)3)28-17-22-9-5-6-11-23(22)31-18-20-12-13-20;/h5-11,16,20H,4,12-15,17-18H2,1-3H3,(H2,26,27,28);1H. The second-order valence-corrected chi connectivity index (χ2v) is 8.13. The summed E-state index contributed by atoms with van der Waals surface area (Å²) in [6, 6.07) is 15.9. The number of carbonyl (C=O) groups is 1. The van der Waals surface area contributed by atoms with Gasteiger partial charge in [-0.3, -0.25) is 4.79 Å². The van der Waals surface area contributed by atoms with Crippen LogP contribution in [-0.4, -0.2) is 50.6 Å². The van der Waals surface area contributed by atoms with Gasteiger partial charge in [0.25, 0.3) is 5.91 Å². The Morgan fingerprint density at radius 2 is 1.91 bits per heavy atom. The first kappa shape index (κ1) is 26.0. The molecule has 7 heteroatoms. The van der Waals surface area contributed by atoms with Crippen LogP contribution in [-0.2, 0) is 13.0 Å². The lowest BCUT2D eigenvalue weighted by molar-refractivity contribution is 0.0827. The molecule has 1 aliphatic rings. The number of ether oxygens (including phenoxy) is 1. The van der Waals surface area contributed by atoms with Gasteiger partial charge in [0.2, 0.25) is 0 Å². The normalized spacial score (nSPS) is 13.2. The van der Waals surface area contributed by atoms with E-state index in [0.29, 0.717) is 12.1 Å². The average molecular weight is 550 g/mol. The van der Waals surface area contributed by atoms with Gasteiger partial charge in [0.15, 0.2) is 5.96 Å². The first-order valence-corrected chi connectivity index (χ1v) is 11.1. The van der Waals surface area contributed by atoms with Gasteiger partial charge in [-0.1, -0.05) is 30.3 Å². The summed E-state index contributed by atoms with van der Waals surface area (Å²) in [6.07, 6.45) is 3.36. The van der Waals surface area contributed by atoms with Crippen molar-refractivity contribution in [2.75, 3.05) is 33.8 Å². The van der Waals surface area contributed by atoms with Gasteiger partial charge in [0, 0.05) is 38.3 Å². The molecule has 6 nitrogen and oxygen atoms in total. The van der Waals surface area contributed by atoms with E-state index >= 15 is 0 Å². The Hall–Kier alpha value is -2.29. The third kappa shape index (κ3) is 8.33. The molecule has 1 fully saturated rings. The molecular formula is C25H35IN4O2. The zero-order valence-electron chi connectivity index (χ0n) is 19.3. The fraction of sp³-hybridized carbons (Fsp3) is 0.440. The minimum atomic E-state index is 0. The smallest absolute Gasteiger partial charge is 0.253 e. The van der Waals surface area contributed by atoms with E-state index in [9.17, 15) is 4.79 Å². The van der Waals surface area contributed by atoms with Crippen LogP contribution in [0.15, 0.2) is 53.5 Å². The Morgan fingerprint density at radius 1 is 1.12 bits per heavy atom. The lowest BCUT2D eigenvalue weighted by Gasteiger charge is -2.14. The van der Waals surface area contributed by atoms with Gasteiger partial charge in [0.1, 0.15) is 5.75 Å². The summed E-state index contributed by atoms with van der Waals surface area (Å²) in [5, 5.41) is 6.69. The van der Waals surface area contributed by atoms with Crippen molar-refractivity contribution in [3.8, 4) is 5.75 Å². The molecule has 0 aliphatic heterocycles. The van der Waals surface area contributed by atoms with Crippen molar-refractivity contribution in [1.82, 2.24) is 15.5 Å². The topological polar surface area (TPSA) is 66.0 Å². The van der Waals surface area contributed by atoms with Gasteiger partial charge in [-0.05, 0) is 55.9 Å². The number of aliphatic imine (C=N–C) groups is 1. The molecule has 0 aromatic heterocycles. The highest BCUT2D eigenvalue weighted by Crippen LogP contribution is 2.30. The number of rotatable bonds is 10. The van der Waals surface area contributed by atoms with Crippen molar-refractivity contribution in [3.63, 3.8) is 0 Å². The molecule has 0 spiro atoms. The van der Waals surface area contributed by atoms with Crippen molar-refractivity contribution in [2.24, 2.45) is 10.9 Å². The molecule has 1 saturated carbocycles. The van der Waals surface area contributed by atoms with Crippen LogP contribution in [0.1, 0.15) is 41.3 Å². The summed E-state index contributed by atoms with van der Waals surface area (Å²) in [5.41, 5.74) is 2.93. The number of carbonyl (C=O) groups excluding carboxylic acids is 1. The number of para-hydroxylation sites is 1.